The van der Waals surface area contributed by atoms with Gasteiger partial charge in [-0.05, 0) is 83.5 Å². The van der Waals surface area contributed by atoms with Crippen LogP contribution in [0.1, 0.15) is 290 Å². The van der Waals surface area contributed by atoms with Crippen molar-refractivity contribution in [1.82, 2.24) is 0 Å². The van der Waals surface area contributed by atoms with Crippen molar-refractivity contribution in [2.45, 2.75) is 297 Å². The van der Waals surface area contributed by atoms with Crippen molar-refractivity contribution in [3.8, 4) is 0 Å². The van der Waals surface area contributed by atoms with Crippen molar-refractivity contribution in [1.29, 1.82) is 0 Å². The molecule has 0 aliphatic carbocycles. The van der Waals surface area contributed by atoms with Gasteiger partial charge in [0.15, 0.2) is 6.10 Å². The monoisotopic (exact) mass is 897 g/mol. The summed E-state index contributed by atoms with van der Waals surface area (Å²) in [6.45, 7) is 7.81. The summed E-state index contributed by atoms with van der Waals surface area (Å²) in [6, 6.07) is 0. The minimum Gasteiger partial charge on any atom is -0.462 e. The highest BCUT2D eigenvalue weighted by atomic mass is 16.6. The highest BCUT2D eigenvalue weighted by Gasteiger charge is 2.17. The van der Waals surface area contributed by atoms with Gasteiger partial charge in [0, 0.05) is 19.4 Å². The average Bonchev–Trinajstić information content (AvgIpc) is 3.30. The van der Waals surface area contributed by atoms with Crippen LogP contribution in [0.5, 0.6) is 0 Å². The lowest BCUT2D eigenvalue weighted by Gasteiger charge is -2.18. The molecule has 1 unspecified atom stereocenters. The second kappa shape index (κ2) is 55.2. The molecular formula is C59H108O5. The molecule has 0 aliphatic rings. The Labute approximate surface area is 399 Å². The Kier molecular flexibility index (Phi) is 53.3. The number of hydrogen-bond acceptors (Lipinski definition) is 5. The molecule has 0 aromatic heterocycles. The van der Waals surface area contributed by atoms with Gasteiger partial charge in [-0.25, -0.2) is 0 Å². The Morgan fingerprint density at radius 3 is 1.06 bits per heavy atom. The van der Waals surface area contributed by atoms with Crippen LogP contribution in [0, 0.1) is 0 Å². The van der Waals surface area contributed by atoms with Crippen molar-refractivity contribution in [3.63, 3.8) is 0 Å². The SMILES string of the molecule is CCCCC/C=C\C/C=C\CCCCCCCCCCCC(=O)OCC(COCCCCCCCCCCCC)OC(=O)CCCCCCCCCCC/C=C\C/C=C\CCCCC. The predicted molar refractivity (Wildman–Crippen MR) is 279 cm³/mol. The molecule has 374 valence electrons. The first-order valence-electron chi connectivity index (χ1n) is 28.2. The summed E-state index contributed by atoms with van der Waals surface area (Å²) in [5.41, 5.74) is 0. The first-order valence-corrected chi connectivity index (χ1v) is 28.2. The molecule has 0 aromatic rings. The fraction of sp³-hybridized carbons (Fsp3) is 0.831. The van der Waals surface area contributed by atoms with Gasteiger partial charge >= 0.3 is 11.9 Å². The molecule has 0 N–H and O–H groups in total. The fourth-order valence-corrected chi connectivity index (χ4v) is 8.10. The van der Waals surface area contributed by atoms with Crippen LogP contribution in [0.25, 0.3) is 0 Å². The third-order valence-corrected chi connectivity index (χ3v) is 12.3. The van der Waals surface area contributed by atoms with Crippen LogP contribution in [-0.4, -0.2) is 37.9 Å². The van der Waals surface area contributed by atoms with E-state index in [0.29, 0.717) is 19.4 Å². The van der Waals surface area contributed by atoms with Crippen molar-refractivity contribution in [2.75, 3.05) is 19.8 Å². The molecule has 0 aromatic carbocycles. The second-order valence-corrected chi connectivity index (χ2v) is 18.8. The van der Waals surface area contributed by atoms with Crippen LogP contribution in [0.3, 0.4) is 0 Å². The van der Waals surface area contributed by atoms with Crippen LogP contribution in [0.4, 0.5) is 0 Å². The van der Waals surface area contributed by atoms with Crippen LogP contribution >= 0.6 is 0 Å². The molecule has 0 heterocycles. The molecule has 0 saturated carbocycles. The van der Waals surface area contributed by atoms with Gasteiger partial charge in [0.25, 0.3) is 0 Å². The maximum atomic E-state index is 12.8. The summed E-state index contributed by atoms with van der Waals surface area (Å²) in [4.78, 5) is 25.5. The Balaban J connectivity index is 4.18. The third kappa shape index (κ3) is 52.5. The van der Waals surface area contributed by atoms with E-state index in [1.807, 2.05) is 0 Å². The standard InChI is InChI=1S/C59H108O5/c1-4-7-10-13-16-19-22-24-26-28-30-32-34-36-38-40-43-46-49-52-58(60)63-56-57(55-62-54-51-48-45-42-21-18-15-12-9-6-3)64-59(61)53-50-47-44-41-39-37-35-33-31-29-27-25-23-20-17-14-11-8-5-2/h16-17,19-20,24-27,57H,4-15,18,21-23,28-56H2,1-3H3/b19-16-,20-17-,26-24-,27-25-. The maximum absolute atomic E-state index is 12.8. The van der Waals surface area contributed by atoms with Gasteiger partial charge in [0.2, 0.25) is 0 Å². The van der Waals surface area contributed by atoms with E-state index >= 15 is 0 Å². The van der Waals surface area contributed by atoms with Crippen molar-refractivity contribution >= 4 is 11.9 Å². The normalized spacial score (nSPS) is 12.5. The Morgan fingerprint density at radius 2 is 0.656 bits per heavy atom. The van der Waals surface area contributed by atoms with E-state index in [0.717, 1.165) is 44.9 Å². The lowest BCUT2D eigenvalue weighted by molar-refractivity contribution is -0.163. The van der Waals surface area contributed by atoms with Gasteiger partial charge in [-0.2, -0.15) is 0 Å². The van der Waals surface area contributed by atoms with E-state index in [4.69, 9.17) is 14.2 Å². The number of carbonyl (C=O) groups excluding carboxylic acids is 2. The van der Waals surface area contributed by atoms with Crippen LogP contribution in [-0.2, 0) is 23.8 Å². The molecule has 0 rings (SSSR count). The molecule has 5 heteroatoms. The third-order valence-electron chi connectivity index (χ3n) is 12.3. The first-order chi connectivity index (χ1) is 31.6. The molecule has 0 amide bonds. The zero-order chi connectivity index (χ0) is 46.3. The van der Waals surface area contributed by atoms with E-state index < -0.39 is 6.10 Å². The highest BCUT2D eigenvalue weighted by Crippen LogP contribution is 2.15. The van der Waals surface area contributed by atoms with Gasteiger partial charge in [-0.15, -0.1) is 0 Å². The van der Waals surface area contributed by atoms with Crippen molar-refractivity contribution < 1.29 is 23.8 Å². The van der Waals surface area contributed by atoms with Crippen LogP contribution < -0.4 is 0 Å². The minimum atomic E-state index is -0.537. The predicted octanol–water partition coefficient (Wildman–Crippen LogP) is 19.1. The number of rotatable bonds is 52. The van der Waals surface area contributed by atoms with Gasteiger partial charge < -0.3 is 14.2 Å². The summed E-state index contributed by atoms with van der Waals surface area (Å²) >= 11 is 0. The summed E-state index contributed by atoms with van der Waals surface area (Å²) in [6.07, 6.45) is 68.4. The quantitative estimate of drug-likeness (QED) is 0.0346. The molecule has 1 atom stereocenters. The number of allylic oxidation sites excluding steroid dienone is 8. The topological polar surface area (TPSA) is 61.8 Å². The van der Waals surface area contributed by atoms with E-state index in [1.165, 1.54) is 212 Å². The molecular weight excluding hydrogens is 789 g/mol. The molecule has 0 radical (unpaired) electrons. The van der Waals surface area contributed by atoms with E-state index in [9.17, 15) is 9.59 Å². The maximum Gasteiger partial charge on any atom is 0.306 e. The van der Waals surface area contributed by atoms with Crippen molar-refractivity contribution in [2.24, 2.45) is 0 Å². The van der Waals surface area contributed by atoms with Gasteiger partial charge in [0.1, 0.15) is 6.61 Å². The Hall–Kier alpha value is -2.14. The zero-order valence-electron chi connectivity index (χ0n) is 43.1. The summed E-state index contributed by atoms with van der Waals surface area (Å²) in [7, 11) is 0. The highest BCUT2D eigenvalue weighted by molar-refractivity contribution is 5.70. The van der Waals surface area contributed by atoms with Crippen LogP contribution in [0.15, 0.2) is 48.6 Å². The summed E-state index contributed by atoms with van der Waals surface area (Å²) < 4.78 is 17.4. The first kappa shape index (κ1) is 61.9. The minimum absolute atomic E-state index is 0.0847. The lowest BCUT2D eigenvalue weighted by Crippen LogP contribution is -2.30. The van der Waals surface area contributed by atoms with E-state index in [-0.39, 0.29) is 25.2 Å². The van der Waals surface area contributed by atoms with E-state index in [2.05, 4.69) is 69.4 Å². The number of hydrogen-bond donors (Lipinski definition) is 0. The molecule has 0 spiro atoms. The van der Waals surface area contributed by atoms with Crippen LogP contribution in [0.2, 0.25) is 0 Å². The largest absolute Gasteiger partial charge is 0.462 e. The molecule has 5 nitrogen and oxygen atoms in total. The molecule has 64 heavy (non-hydrogen) atoms. The Bertz CT molecular complexity index is 1060. The van der Waals surface area contributed by atoms with Gasteiger partial charge in [0.05, 0.1) is 6.61 Å². The number of ether oxygens (including phenoxy) is 3. The lowest BCUT2D eigenvalue weighted by atomic mass is 10.1. The van der Waals surface area contributed by atoms with E-state index in [1.54, 1.807) is 0 Å². The van der Waals surface area contributed by atoms with Gasteiger partial charge in [-0.3, -0.25) is 9.59 Å². The smallest absolute Gasteiger partial charge is 0.306 e. The average molecular weight is 898 g/mol. The number of carbonyl (C=O) groups is 2. The zero-order valence-corrected chi connectivity index (χ0v) is 43.1. The summed E-state index contributed by atoms with van der Waals surface area (Å²) in [5, 5.41) is 0. The molecule has 0 fully saturated rings. The number of esters is 2. The Morgan fingerprint density at radius 1 is 0.344 bits per heavy atom. The summed E-state index contributed by atoms with van der Waals surface area (Å²) in [5.74, 6) is -0.394. The fourth-order valence-electron chi connectivity index (χ4n) is 8.10. The van der Waals surface area contributed by atoms with Crippen molar-refractivity contribution in [3.05, 3.63) is 48.6 Å². The molecule has 0 saturated heterocycles. The van der Waals surface area contributed by atoms with Gasteiger partial charge in [-0.1, -0.05) is 243 Å². The molecule has 0 aliphatic heterocycles. The number of unbranched alkanes of at least 4 members (excludes halogenated alkanes) is 33. The molecule has 0 bridgehead atoms. The second-order valence-electron chi connectivity index (χ2n) is 18.8.